The molecule has 0 radical (unpaired) electrons. The Balaban J connectivity index is 1.65. The number of thiophene rings is 1. The molecule has 0 saturated heterocycles. The van der Waals surface area contributed by atoms with Crippen LogP contribution in [0.1, 0.15) is 54.4 Å². The van der Waals surface area contributed by atoms with E-state index in [-0.39, 0.29) is 17.4 Å². The van der Waals surface area contributed by atoms with Gasteiger partial charge in [-0.15, -0.1) is 11.3 Å². The number of rotatable bonds is 5. The molecule has 0 fully saturated rings. The van der Waals surface area contributed by atoms with Gasteiger partial charge in [-0.05, 0) is 61.6 Å². The summed E-state index contributed by atoms with van der Waals surface area (Å²) < 4.78 is 0. The van der Waals surface area contributed by atoms with Crippen molar-refractivity contribution in [3.05, 3.63) is 81.7 Å². The second-order valence-corrected chi connectivity index (χ2v) is 8.18. The van der Waals surface area contributed by atoms with Crippen LogP contribution in [0.15, 0.2) is 54.6 Å². The van der Waals surface area contributed by atoms with Crippen molar-refractivity contribution >= 4 is 39.8 Å². The Morgan fingerprint density at radius 2 is 1.57 bits per heavy atom. The summed E-state index contributed by atoms with van der Waals surface area (Å²) in [4.78, 5) is 38.2. The molecular weight excluding hydrogens is 400 g/mol. The van der Waals surface area contributed by atoms with Gasteiger partial charge in [0.15, 0.2) is 0 Å². The summed E-state index contributed by atoms with van der Waals surface area (Å²) in [6, 6.07) is 15.0. The minimum absolute atomic E-state index is 0.0951. The van der Waals surface area contributed by atoms with Crippen LogP contribution in [0.25, 0.3) is 0 Å². The van der Waals surface area contributed by atoms with Gasteiger partial charge in [0, 0.05) is 16.1 Å². The molecule has 1 aliphatic rings. The summed E-state index contributed by atoms with van der Waals surface area (Å²) >= 11 is 1.44. The van der Waals surface area contributed by atoms with Gasteiger partial charge < -0.3 is 15.7 Å². The largest absolute Gasteiger partial charge is 0.478 e. The first kappa shape index (κ1) is 19.8. The Morgan fingerprint density at radius 1 is 0.833 bits per heavy atom. The van der Waals surface area contributed by atoms with E-state index in [0.29, 0.717) is 21.8 Å². The van der Waals surface area contributed by atoms with Crippen molar-refractivity contribution in [2.75, 3.05) is 10.6 Å². The first-order valence-electron chi connectivity index (χ1n) is 9.68. The summed E-state index contributed by atoms with van der Waals surface area (Å²) in [7, 11) is 0. The zero-order valence-electron chi connectivity index (χ0n) is 16.1. The highest BCUT2D eigenvalue weighted by Gasteiger charge is 2.26. The lowest BCUT2D eigenvalue weighted by Gasteiger charge is -2.13. The summed E-state index contributed by atoms with van der Waals surface area (Å²) in [5.74, 6) is -1.67. The number of fused-ring (bicyclic) bond motifs is 1. The topological polar surface area (TPSA) is 95.5 Å². The van der Waals surface area contributed by atoms with Crippen LogP contribution in [0.3, 0.4) is 0 Å². The van der Waals surface area contributed by atoms with E-state index in [4.69, 9.17) is 0 Å². The summed E-state index contributed by atoms with van der Waals surface area (Å²) in [6.45, 7) is 0. The van der Waals surface area contributed by atoms with E-state index in [0.717, 1.165) is 36.1 Å². The number of benzene rings is 2. The Kier molecular flexibility index (Phi) is 5.63. The normalized spacial score (nSPS) is 12.7. The van der Waals surface area contributed by atoms with Gasteiger partial charge in [0.05, 0.1) is 11.1 Å². The smallest absolute Gasteiger partial charge is 0.335 e. The van der Waals surface area contributed by atoms with E-state index >= 15 is 0 Å². The number of hydrogen-bond donors (Lipinski definition) is 3. The number of carboxylic acid groups (broad SMARTS) is 1. The van der Waals surface area contributed by atoms with Crippen molar-refractivity contribution in [2.45, 2.75) is 25.7 Å². The molecule has 7 heteroatoms. The van der Waals surface area contributed by atoms with Crippen LogP contribution in [0.5, 0.6) is 0 Å². The van der Waals surface area contributed by atoms with E-state index in [9.17, 15) is 19.5 Å². The van der Waals surface area contributed by atoms with Gasteiger partial charge >= 0.3 is 5.97 Å². The van der Waals surface area contributed by atoms with Gasteiger partial charge in [0.1, 0.15) is 5.00 Å². The van der Waals surface area contributed by atoms with Gasteiger partial charge in [-0.25, -0.2) is 4.79 Å². The average molecular weight is 420 g/mol. The van der Waals surface area contributed by atoms with Crippen LogP contribution in [0, 0.1) is 0 Å². The zero-order valence-corrected chi connectivity index (χ0v) is 16.9. The molecule has 3 aromatic rings. The van der Waals surface area contributed by atoms with Crippen molar-refractivity contribution in [3.8, 4) is 0 Å². The van der Waals surface area contributed by atoms with Crippen LogP contribution in [0.4, 0.5) is 10.7 Å². The van der Waals surface area contributed by atoms with Crippen LogP contribution in [0.2, 0.25) is 0 Å². The minimum Gasteiger partial charge on any atom is -0.478 e. The Bertz CT molecular complexity index is 1120. The lowest BCUT2D eigenvalue weighted by molar-refractivity contribution is 0.0696. The van der Waals surface area contributed by atoms with Crippen LogP contribution in [-0.2, 0) is 12.8 Å². The van der Waals surface area contributed by atoms with Crippen molar-refractivity contribution in [1.82, 2.24) is 0 Å². The number of hydrogen-bond acceptors (Lipinski definition) is 4. The third-order valence-corrected chi connectivity index (χ3v) is 6.24. The highest BCUT2D eigenvalue weighted by molar-refractivity contribution is 7.17. The Morgan fingerprint density at radius 3 is 2.33 bits per heavy atom. The zero-order chi connectivity index (χ0) is 21.1. The standard InChI is InChI=1S/C23H20N2O4S/c26-20(14-7-2-1-3-8-14)25-22-19(17-11-4-5-12-18(17)30-22)21(27)24-16-10-6-9-15(13-16)23(28)29/h1-3,6-10,13H,4-5,11-12H2,(H,24,27)(H,25,26)(H,28,29). The maximum Gasteiger partial charge on any atom is 0.335 e. The van der Waals surface area contributed by atoms with Gasteiger partial charge in [-0.1, -0.05) is 24.3 Å². The first-order valence-corrected chi connectivity index (χ1v) is 10.5. The van der Waals surface area contributed by atoms with Gasteiger partial charge in [-0.2, -0.15) is 0 Å². The van der Waals surface area contributed by atoms with E-state index in [1.807, 2.05) is 6.07 Å². The molecule has 3 N–H and O–H groups in total. The predicted molar refractivity (Wildman–Crippen MR) is 117 cm³/mol. The molecule has 152 valence electrons. The molecular formula is C23H20N2O4S. The molecule has 2 amide bonds. The monoisotopic (exact) mass is 420 g/mol. The maximum atomic E-state index is 13.2. The van der Waals surface area contributed by atoms with E-state index in [2.05, 4.69) is 10.6 Å². The number of amides is 2. The number of carbonyl (C=O) groups is 3. The van der Waals surface area contributed by atoms with Gasteiger partial charge in [0.25, 0.3) is 11.8 Å². The highest BCUT2D eigenvalue weighted by Crippen LogP contribution is 2.38. The van der Waals surface area contributed by atoms with Crippen LogP contribution in [-0.4, -0.2) is 22.9 Å². The van der Waals surface area contributed by atoms with Crippen molar-refractivity contribution < 1.29 is 19.5 Å². The number of aryl methyl sites for hydroxylation is 1. The molecule has 2 aromatic carbocycles. The maximum absolute atomic E-state index is 13.2. The van der Waals surface area contributed by atoms with Crippen molar-refractivity contribution in [2.24, 2.45) is 0 Å². The highest BCUT2D eigenvalue weighted by atomic mass is 32.1. The van der Waals surface area contributed by atoms with Gasteiger partial charge in [0.2, 0.25) is 0 Å². The minimum atomic E-state index is -1.06. The average Bonchev–Trinajstić information content (AvgIpc) is 3.12. The molecule has 0 unspecified atom stereocenters. The number of carbonyl (C=O) groups excluding carboxylic acids is 2. The lowest BCUT2D eigenvalue weighted by atomic mass is 9.95. The summed E-state index contributed by atoms with van der Waals surface area (Å²) in [6.07, 6.45) is 3.72. The Labute approximate surface area is 177 Å². The number of carboxylic acids is 1. The van der Waals surface area contributed by atoms with Crippen LogP contribution >= 0.6 is 11.3 Å². The third-order valence-electron chi connectivity index (χ3n) is 5.03. The van der Waals surface area contributed by atoms with Crippen LogP contribution < -0.4 is 10.6 Å². The van der Waals surface area contributed by atoms with Crippen molar-refractivity contribution in [3.63, 3.8) is 0 Å². The number of aromatic carboxylic acids is 1. The van der Waals surface area contributed by atoms with E-state index in [1.54, 1.807) is 36.4 Å². The molecule has 6 nitrogen and oxygen atoms in total. The molecule has 0 aliphatic heterocycles. The predicted octanol–water partition coefficient (Wildman–Crippen LogP) is 4.83. The molecule has 1 aliphatic carbocycles. The molecule has 4 rings (SSSR count). The lowest BCUT2D eigenvalue weighted by Crippen LogP contribution is -2.18. The van der Waals surface area contributed by atoms with Crippen molar-refractivity contribution in [1.29, 1.82) is 0 Å². The van der Waals surface area contributed by atoms with E-state index < -0.39 is 5.97 Å². The summed E-state index contributed by atoms with van der Waals surface area (Å²) in [5.41, 5.74) is 2.46. The SMILES string of the molecule is O=C(O)c1cccc(NC(=O)c2c(NC(=O)c3ccccc3)sc3c2CCCC3)c1. The van der Waals surface area contributed by atoms with Gasteiger partial charge in [-0.3, -0.25) is 9.59 Å². The molecule has 1 aromatic heterocycles. The molecule has 30 heavy (non-hydrogen) atoms. The fourth-order valence-corrected chi connectivity index (χ4v) is 4.86. The molecule has 0 atom stereocenters. The summed E-state index contributed by atoms with van der Waals surface area (Å²) in [5, 5.41) is 15.4. The fourth-order valence-electron chi connectivity index (χ4n) is 3.58. The van der Waals surface area contributed by atoms with E-state index in [1.165, 1.54) is 23.5 Å². The third kappa shape index (κ3) is 4.11. The molecule has 0 bridgehead atoms. The second-order valence-electron chi connectivity index (χ2n) is 7.08. The first-order chi connectivity index (χ1) is 14.5. The molecule has 0 spiro atoms. The molecule has 0 saturated carbocycles. The second kappa shape index (κ2) is 8.51. The molecule has 1 heterocycles. The number of anilines is 2. The quantitative estimate of drug-likeness (QED) is 0.551. The fraction of sp³-hybridized carbons (Fsp3) is 0.174. The Hall–Kier alpha value is -3.45. The number of nitrogens with one attached hydrogen (secondary N) is 2.